The zero-order chi connectivity index (χ0) is 15.9. The van der Waals surface area contributed by atoms with Gasteiger partial charge < -0.3 is 9.94 Å². The smallest absolute Gasteiger partial charge is 0.224 e. The molecule has 22 heavy (non-hydrogen) atoms. The third-order valence-electron chi connectivity index (χ3n) is 3.55. The van der Waals surface area contributed by atoms with Gasteiger partial charge in [-0.05, 0) is 12.1 Å². The number of rotatable bonds is 1. The molecule has 1 aliphatic rings. The van der Waals surface area contributed by atoms with Crippen LogP contribution in [0.2, 0.25) is 10.0 Å². The molecule has 2 heterocycles. The lowest BCUT2D eigenvalue weighted by atomic mass is 9.89. The van der Waals surface area contributed by atoms with Crippen LogP contribution in [0, 0.1) is 10.6 Å². The third kappa shape index (κ3) is 2.79. The van der Waals surface area contributed by atoms with Gasteiger partial charge in [0.25, 0.3) is 0 Å². The molecule has 0 unspecified atom stereocenters. The molecule has 0 bridgehead atoms. The van der Waals surface area contributed by atoms with Crippen LogP contribution in [0.25, 0.3) is 5.57 Å². The molecule has 5 heteroatoms. The van der Waals surface area contributed by atoms with Crippen molar-refractivity contribution in [1.29, 1.82) is 0 Å². The molecular formula is C17H15Cl2NO2. The monoisotopic (exact) mass is 335 g/mol. The first kappa shape index (κ1) is 15.2. The van der Waals surface area contributed by atoms with E-state index in [1.165, 1.54) is 6.20 Å². The minimum atomic E-state index is -0.226. The van der Waals surface area contributed by atoms with Crippen molar-refractivity contribution in [3.8, 4) is 5.75 Å². The molecule has 3 rings (SSSR count). The van der Waals surface area contributed by atoms with E-state index in [2.05, 4.69) is 13.8 Å². The topological polar surface area (TPSA) is 36.2 Å². The molecule has 1 aliphatic heterocycles. The van der Waals surface area contributed by atoms with Crippen molar-refractivity contribution in [1.82, 2.24) is 0 Å². The van der Waals surface area contributed by atoms with Crippen LogP contribution in [0.5, 0.6) is 5.75 Å². The summed E-state index contributed by atoms with van der Waals surface area (Å²) in [4.78, 5) is 0. The maximum atomic E-state index is 12.2. The number of pyridine rings is 1. The van der Waals surface area contributed by atoms with Crippen molar-refractivity contribution in [3.63, 3.8) is 0 Å². The Morgan fingerprint density at radius 1 is 1.18 bits per heavy atom. The number of hydrogen-bond donors (Lipinski definition) is 0. The highest BCUT2D eigenvalue weighted by Gasteiger charge is 2.28. The first-order valence-electron chi connectivity index (χ1n) is 6.91. The molecule has 0 N–H and O–H groups in total. The Morgan fingerprint density at radius 2 is 1.91 bits per heavy atom. The molecule has 0 fully saturated rings. The summed E-state index contributed by atoms with van der Waals surface area (Å²) in [6.07, 6.45) is 3.53. The summed E-state index contributed by atoms with van der Waals surface area (Å²) in [5, 5.41) is 13.0. The number of hydrogen-bond acceptors (Lipinski definition) is 2. The van der Waals surface area contributed by atoms with Crippen LogP contribution in [0.3, 0.4) is 0 Å². The average Bonchev–Trinajstić information content (AvgIpc) is 2.58. The van der Waals surface area contributed by atoms with Crippen LogP contribution < -0.4 is 9.47 Å². The van der Waals surface area contributed by atoms with Crippen LogP contribution in [-0.2, 0) is 0 Å². The first-order chi connectivity index (χ1) is 10.4. The fourth-order valence-corrected chi connectivity index (χ4v) is 2.80. The minimum Gasteiger partial charge on any atom is -0.618 e. The van der Waals surface area contributed by atoms with Crippen molar-refractivity contribution in [3.05, 3.63) is 69.1 Å². The van der Waals surface area contributed by atoms with Gasteiger partial charge in [0.05, 0.1) is 22.2 Å². The van der Waals surface area contributed by atoms with Gasteiger partial charge in [0, 0.05) is 29.2 Å². The lowest BCUT2D eigenvalue weighted by molar-refractivity contribution is -0.607. The molecule has 0 aliphatic carbocycles. The summed E-state index contributed by atoms with van der Waals surface area (Å²) in [5.74, 6) is 0.634. The predicted octanol–water partition coefficient (Wildman–Crippen LogP) is 4.48. The Kier molecular flexibility index (Phi) is 3.79. The van der Waals surface area contributed by atoms with Crippen LogP contribution in [0.15, 0.2) is 42.6 Å². The standard InChI is InChI=1S/C17H15Cl2NO2/c1-17(2)9-12(15-5-3-4-6-20(15)21)11-7-13(18)14(19)8-16(11)22-10-17/h3-9H,10H2,1-2H3. The Morgan fingerprint density at radius 3 is 2.64 bits per heavy atom. The van der Waals surface area contributed by atoms with Crippen LogP contribution in [0.1, 0.15) is 25.1 Å². The first-order valence-corrected chi connectivity index (χ1v) is 7.67. The van der Waals surface area contributed by atoms with E-state index in [-0.39, 0.29) is 5.41 Å². The van der Waals surface area contributed by atoms with Crippen molar-refractivity contribution < 1.29 is 9.47 Å². The maximum Gasteiger partial charge on any atom is 0.224 e. The van der Waals surface area contributed by atoms with Crippen molar-refractivity contribution in [2.75, 3.05) is 6.61 Å². The van der Waals surface area contributed by atoms with Gasteiger partial charge in [0.1, 0.15) is 5.75 Å². The highest BCUT2D eigenvalue weighted by atomic mass is 35.5. The number of ether oxygens (including phenoxy) is 1. The molecule has 3 nitrogen and oxygen atoms in total. The van der Waals surface area contributed by atoms with Crippen LogP contribution in [-0.4, -0.2) is 6.61 Å². The van der Waals surface area contributed by atoms with Gasteiger partial charge in [0.2, 0.25) is 5.69 Å². The number of aromatic nitrogens is 1. The van der Waals surface area contributed by atoms with Crippen LogP contribution in [0.4, 0.5) is 0 Å². The lowest BCUT2D eigenvalue weighted by Gasteiger charge is -2.18. The van der Waals surface area contributed by atoms with Gasteiger partial charge in [-0.2, -0.15) is 4.73 Å². The summed E-state index contributed by atoms with van der Waals surface area (Å²) in [6, 6.07) is 8.77. The van der Waals surface area contributed by atoms with E-state index in [4.69, 9.17) is 27.9 Å². The normalized spacial score (nSPS) is 16.3. The summed E-state index contributed by atoms with van der Waals surface area (Å²) in [7, 11) is 0. The SMILES string of the molecule is CC1(C)C=C(c2cccc[n+]2[O-])c2cc(Cl)c(Cl)cc2OC1. The van der Waals surface area contributed by atoms with Crippen LogP contribution >= 0.6 is 23.2 Å². The highest BCUT2D eigenvalue weighted by Crippen LogP contribution is 2.41. The number of fused-ring (bicyclic) bond motifs is 1. The fourth-order valence-electron chi connectivity index (χ4n) is 2.48. The second kappa shape index (κ2) is 5.49. The Hall–Kier alpha value is -1.71. The van der Waals surface area contributed by atoms with Gasteiger partial charge in [-0.15, -0.1) is 0 Å². The molecule has 0 spiro atoms. The number of nitrogens with zero attached hydrogens (tertiary/aromatic N) is 1. The molecule has 2 aromatic rings. The number of benzene rings is 1. The van der Waals surface area contributed by atoms with Gasteiger partial charge in [-0.1, -0.05) is 43.1 Å². The van der Waals surface area contributed by atoms with E-state index in [9.17, 15) is 5.21 Å². The van der Waals surface area contributed by atoms with E-state index < -0.39 is 0 Å². The molecule has 0 saturated heterocycles. The summed E-state index contributed by atoms with van der Waals surface area (Å²) < 4.78 is 6.73. The average molecular weight is 336 g/mol. The van der Waals surface area contributed by atoms with E-state index in [0.717, 1.165) is 15.9 Å². The van der Waals surface area contributed by atoms with Gasteiger partial charge >= 0.3 is 0 Å². The second-order valence-electron chi connectivity index (χ2n) is 6.01. The predicted molar refractivity (Wildman–Crippen MR) is 88.2 cm³/mol. The third-order valence-corrected chi connectivity index (χ3v) is 4.27. The number of halogens is 2. The minimum absolute atomic E-state index is 0.226. The Bertz CT molecular complexity index is 769. The molecule has 1 aromatic carbocycles. The van der Waals surface area contributed by atoms with Crippen molar-refractivity contribution in [2.24, 2.45) is 5.41 Å². The maximum absolute atomic E-state index is 12.2. The fraction of sp³-hybridized carbons (Fsp3) is 0.235. The van der Waals surface area contributed by atoms with E-state index in [1.54, 1.807) is 24.3 Å². The lowest BCUT2D eigenvalue weighted by Crippen LogP contribution is -2.30. The Labute approximate surface area is 139 Å². The van der Waals surface area contributed by atoms with E-state index in [0.29, 0.717) is 28.1 Å². The molecule has 0 atom stereocenters. The molecule has 0 radical (unpaired) electrons. The summed E-state index contributed by atoms with van der Waals surface area (Å²) >= 11 is 12.3. The molecule has 1 aromatic heterocycles. The van der Waals surface area contributed by atoms with Gasteiger partial charge in [0.15, 0.2) is 6.20 Å². The van der Waals surface area contributed by atoms with Gasteiger partial charge in [-0.25, -0.2) is 0 Å². The summed E-state index contributed by atoms with van der Waals surface area (Å²) in [5.41, 5.74) is 1.90. The second-order valence-corrected chi connectivity index (χ2v) is 6.82. The molecule has 0 amide bonds. The molecular weight excluding hydrogens is 321 g/mol. The zero-order valence-electron chi connectivity index (χ0n) is 12.3. The summed E-state index contributed by atoms with van der Waals surface area (Å²) in [6.45, 7) is 4.60. The quantitative estimate of drug-likeness (QED) is 0.569. The zero-order valence-corrected chi connectivity index (χ0v) is 13.8. The van der Waals surface area contributed by atoms with Crippen molar-refractivity contribution in [2.45, 2.75) is 13.8 Å². The molecule has 114 valence electrons. The Balaban J connectivity index is 2.28. The van der Waals surface area contributed by atoms with Gasteiger partial charge in [-0.3, -0.25) is 0 Å². The van der Waals surface area contributed by atoms with Crippen molar-refractivity contribution >= 4 is 28.8 Å². The molecule has 0 saturated carbocycles. The largest absolute Gasteiger partial charge is 0.618 e. The van der Waals surface area contributed by atoms with E-state index >= 15 is 0 Å². The van der Waals surface area contributed by atoms with E-state index in [1.807, 2.05) is 12.1 Å². The highest BCUT2D eigenvalue weighted by molar-refractivity contribution is 6.42.